The van der Waals surface area contributed by atoms with Crippen LogP contribution in [0.15, 0.2) is 41.6 Å². The predicted octanol–water partition coefficient (Wildman–Crippen LogP) is 0.303. The molecule has 0 aromatic heterocycles. The van der Waals surface area contributed by atoms with Crippen molar-refractivity contribution in [3.63, 3.8) is 0 Å². The average Bonchev–Trinajstić information content (AvgIpc) is 2.69. The van der Waals surface area contributed by atoms with Crippen LogP contribution in [-0.2, 0) is 29.9 Å². The second-order valence-corrected chi connectivity index (χ2v) is 7.94. The number of β-lactam (4-membered cyclic amide) rings is 1. The summed E-state index contributed by atoms with van der Waals surface area (Å²) < 4.78 is 22.6. The number of amides is 2. The fourth-order valence-corrected chi connectivity index (χ4v) is 5.33. The number of hydrogen-bond donors (Lipinski definition) is 1. The van der Waals surface area contributed by atoms with Crippen LogP contribution < -0.4 is 10.1 Å². The molecule has 144 valence electrons. The smallest absolute Gasteiger partial charge is 0.354 e. The van der Waals surface area contributed by atoms with E-state index in [-0.39, 0.29) is 18.1 Å². The molecule has 3 atom stereocenters. The van der Waals surface area contributed by atoms with E-state index in [1.165, 1.54) is 7.11 Å². The number of hydrogen-bond acceptors (Lipinski definition) is 6. The number of ether oxygens (including phenoxy) is 2. The lowest BCUT2D eigenvalue weighted by atomic mass is 10.0. The summed E-state index contributed by atoms with van der Waals surface area (Å²) in [7, 11) is -0.236. The topological polar surface area (TPSA) is 102 Å². The van der Waals surface area contributed by atoms with Gasteiger partial charge in [-0.15, -0.1) is 0 Å². The third kappa shape index (κ3) is 3.77. The van der Waals surface area contributed by atoms with Crippen LogP contribution in [0.1, 0.15) is 0 Å². The summed E-state index contributed by atoms with van der Waals surface area (Å²) in [4.78, 5) is 37.9. The number of esters is 1. The van der Waals surface area contributed by atoms with E-state index in [4.69, 9.17) is 9.47 Å². The van der Waals surface area contributed by atoms with Gasteiger partial charge >= 0.3 is 5.97 Å². The summed E-state index contributed by atoms with van der Waals surface area (Å²) in [5.74, 6) is -1.04. The molecule has 0 saturated carbocycles. The molecule has 2 aliphatic rings. The Bertz CT molecular complexity index is 828. The van der Waals surface area contributed by atoms with E-state index in [1.807, 2.05) is 6.07 Å². The molecule has 0 bridgehead atoms. The molecule has 8 nitrogen and oxygen atoms in total. The number of nitrogens with one attached hydrogen (secondary N) is 1. The second kappa shape index (κ2) is 8.22. The summed E-state index contributed by atoms with van der Waals surface area (Å²) in [6, 6.07) is 7.81. The van der Waals surface area contributed by atoms with E-state index in [2.05, 4.69) is 21.2 Å². The number of rotatable bonds is 6. The maximum Gasteiger partial charge on any atom is 0.354 e. The van der Waals surface area contributed by atoms with E-state index in [9.17, 15) is 18.6 Å². The molecule has 27 heavy (non-hydrogen) atoms. The summed E-state index contributed by atoms with van der Waals surface area (Å²) in [5.41, 5.74) is 0.622. The Morgan fingerprint density at radius 1 is 1.33 bits per heavy atom. The third-order valence-electron chi connectivity index (χ3n) is 4.17. The van der Waals surface area contributed by atoms with Crippen molar-refractivity contribution in [2.24, 2.45) is 0 Å². The van der Waals surface area contributed by atoms with Crippen LogP contribution >= 0.6 is 15.9 Å². The van der Waals surface area contributed by atoms with Crippen molar-refractivity contribution in [2.45, 2.75) is 11.4 Å². The zero-order valence-corrected chi connectivity index (χ0v) is 16.7. The van der Waals surface area contributed by atoms with Gasteiger partial charge in [0.1, 0.15) is 22.9 Å². The van der Waals surface area contributed by atoms with Gasteiger partial charge in [0.15, 0.2) is 6.61 Å². The zero-order chi connectivity index (χ0) is 19.6. The van der Waals surface area contributed by atoms with Crippen molar-refractivity contribution in [1.29, 1.82) is 0 Å². The molecule has 2 amide bonds. The Kier molecular flexibility index (Phi) is 5.95. The Morgan fingerprint density at radius 2 is 2.04 bits per heavy atom. The van der Waals surface area contributed by atoms with Crippen molar-refractivity contribution < 1.29 is 28.1 Å². The van der Waals surface area contributed by atoms with Gasteiger partial charge < -0.3 is 14.8 Å². The van der Waals surface area contributed by atoms with Crippen molar-refractivity contribution in [3.05, 3.63) is 41.6 Å². The fraction of sp³-hybridized carbons (Fsp3) is 0.353. The second-order valence-electron chi connectivity index (χ2n) is 5.85. The standard InChI is InChI=1S/C17H17BrN2O6S/c1-25-17(23)14-10(7-18)9-27(24)16-13(15(22)20(14)16)19-12(21)8-26-11-5-3-2-4-6-11/h2-6,13,16H,7-9H2,1H3,(H,19,21)/t13-,16-,27+/m1/s1. The van der Waals surface area contributed by atoms with Crippen LogP contribution in [-0.4, -0.2) is 63.1 Å². The number of carbonyl (C=O) groups is 3. The number of benzene rings is 1. The molecule has 1 aromatic carbocycles. The molecule has 0 radical (unpaired) electrons. The highest BCUT2D eigenvalue weighted by molar-refractivity contribution is 9.09. The molecule has 0 unspecified atom stereocenters. The van der Waals surface area contributed by atoms with Crippen molar-refractivity contribution in [3.8, 4) is 5.75 Å². The van der Waals surface area contributed by atoms with Gasteiger partial charge in [0.2, 0.25) is 0 Å². The highest BCUT2D eigenvalue weighted by Gasteiger charge is 2.57. The molecule has 1 fully saturated rings. The van der Waals surface area contributed by atoms with Crippen LogP contribution in [0.3, 0.4) is 0 Å². The molecule has 3 rings (SSSR count). The minimum Gasteiger partial charge on any atom is -0.484 e. The first-order valence-electron chi connectivity index (χ1n) is 8.01. The number of carbonyl (C=O) groups excluding carboxylic acids is 3. The Labute approximate surface area is 166 Å². The van der Waals surface area contributed by atoms with Gasteiger partial charge in [-0.2, -0.15) is 0 Å². The zero-order valence-electron chi connectivity index (χ0n) is 14.3. The summed E-state index contributed by atoms with van der Waals surface area (Å²) in [6.07, 6.45) is 0. The summed E-state index contributed by atoms with van der Waals surface area (Å²) >= 11 is 3.24. The van der Waals surface area contributed by atoms with Gasteiger partial charge in [-0.05, 0) is 17.7 Å². The van der Waals surface area contributed by atoms with E-state index >= 15 is 0 Å². The summed E-state index contributed by atoms with van der Waals surface area (Å²) in [6.45, 7) is -0.278. The van der Waals surface area contributed by atoms with Crippen molar-refractivity contribution in [2.75, 3.05) is 24.8 Å². The van der Waals surface area contributed by atoms with Crippen LogP contribution in [0, 0.1) is 0 Å². The largest absolute Gasteiger partial charge is 0.484 e. The van der Waals surface area contributed by atoms with E-state index in [0.29, 0.717) is 16.7 Å². The molecule has 10 heteroatoms. The first-order valence-corrected chi connectivity index (χ1v) is 10.5. The molecule has 1 saturated heterocycles. The average molecular weight is 457 g/mol. The molecule has 2 heterocycles. The number of para-hydroxylation sites is 1. The lowest BCUT2D eigenvalue weighted by Gasteiger charge is -2.49. The molecule has 2 aliphatic heterocycles. The van der Waals surface area contributed by atoms with Crippen LogP contribution in [0.4, 0.5) is 0 Å². The van der Waals surface area contributed by atoms with Crippen LogP contribution in [0.2, 0.25) is 0 Å². The quantitative estimate of drug-likeness (QED) is 0.375. The first kappa shape index (κ1) is 19.6. The number of methoxy groups -OCH3 is 1. The van der Waals surface area contributed by atoms with Crippen LogP contribution in [0.5, 0.6) is 5.75 Å². The van der Waals surface area contributed by atoms with E-state index in [0.717, 1.165) is 4.90 Å². The van der Waals surface area contributed by atoms with Gasteiger partial charge in [0.25, 0.3) is 11.8 Å². The number of halogens is 1. The molecular formula is C17H17BrN2O6S. The van der Waals surface area contributed by atoms with Crippen molar-refractivity contribution in [1.82, 2.24) is 10.2 Å². The maximum absolute atomic E-state index is 12.5. The molecule has 0 aliphatic carbocycles. The van der Waals surface area contributed by atoms with E-state index < -0.39 is 40.0 Å². The lowest BCUT2D eigenvalue weighted by molar-refractivity contribution is -0.152. The van der Waals surface area contributed by atoms with Gasteiger partial charge in [-0.3, -0.25) is 18.7 Å². The molecule has 0 spiro atoms. The number of nitrogens with zero attached hydrogens (tertiary/aromatic N) is 1. The normalized spacial score (nSPS) is 24.0. The predicted molar refractivity (Wildman–Crippen MR) is 100 cm³/mol. The van der Waals surface area contributed by atoms with Crippen LogP contribution in [0.25, 0.3) is 0 Å². The Balaban J connectivity index is 1.69. The number of fused-ring (bicyclic) bond motifs is 1. The SMILES string of the molecule is COC(=O)C1=C(CBr)C[S@](=O)[C@@H]2[C@H](NC(=O)COc3ccccc3)C(=O)N12. The summed E-state index contributed by atoms with van der Waals surface area (Å²) in [5, 5.41) is 2.04. The minimum absolute atomic E-state index is 0.0926. The van der Waals surface area contributed by atoms with Gasteiger partial charge in [-0.25, -0.2) is 4.79 Å². The first-order chi connectivity index (χ1) is 13.0. The van der Waals surface area contributed by atoms with Crippen molar-refractivity contribution >= 4 is 44.5 Å². The van der Waals surface area contributed by atoms with Gasteiger partial charge in [0.05, 0.1) is 23.7 Å². The monoisotopic (exact) mass is 456 g/mol. The maximum atomic E-state index is 12.5. The fourth-order valence-electron chi connectivity index (χ4n) is 2.92. The molecular weight excluding hydrogens is 440 g/mol. The molecule has 1 N–H and O–H groups in total. The highest BCUT2D eigenvalue weighted by Crippen LogP contribution is 2.35. The number of alkyl halides is 1. The highest BCUT2D eigenvalue weighted by atomic mass is 79.9. The lowest BCUT2D eigenvalue weighted by Crippen LogP contribution is -2.74. The van der Waals surface area contributed by atoms with E-state index in [1.54, 1.807) is 24.3 Å². The Morgan fingerprint density at radius 3 is 2.67 bits per heavy atom. The van der Waals surface area contributed by atoms with Gasteiger partial charge in [0, 0.05) is 5.33 Å². The third-order valence-corrected chi connectivity index (χ3v) is 6.51. The Hall–Kier alpha value is -2.20. The molecule has 1 aromatic rings. The van der Waals surface area contributed by atoms with Gasteiger partial charge in [-0.1, -0.05) is 34.1 Å². The minimum atomic E-state index is -1.45.